The number of nitrogens with zero attached hydrogens (tertiary/aromatic N) is 2. The number of hydrogen-bond donors (Lipinski definition) is 1. The molecule has 0 saturated heterocycles. The number of fused-ring (bicyclic) bond motifs is 1. The van der Waals surface area contributed by atoms with Gasteiger partial charge in [0, 0.05) is 30.4 Å². The van der Waals surface area contributed by atoms with Crippen molar-refractivity contribution in [2.75, 3.05) is 7.11 Å². The maximum atomic E-state index is 5.28. The number of aromatic nitrogens is 2. The largest absolute Gasteiger partial charge is 0.497 e. The molecule has 1 unspecified atom stereocenters. The summed E-state index contributed by atoms with van der Waals surface area (Å²) in [5.41, 5.74) is 4.04. The third-order valence-corrected chi connectivity index (χ3v) is 4.25. The molecule has 0 bridgehead atoms. The van der Waals surface area contributed by atoms with Crippen LogP contribution in [-0.2, 0) is 19.5 Å². The van der Waals surface area contributed by atoms with Gasteiger partial charge in [0.1, 0.15) is 5.75 Å². The molecular weight excluding hydrogens is 262 g/mol. The number of hydrogen-bond acceptors (Lipinski definition) is 3. The van der Waals surface area contributed by atoms with E-state index in [0.717, 1.165) is 25.3 Å². The fraction of sp³-hybridized carbons (Fsp3) is 0.471. The molecule has 0 saturated carbocycles. The summed E-state index contributed by atoms with van der Waals surface area (Å²) in [7, 11) is 1.71. The molecule has 1 atom stereocenters. The minimum Gasteiger partial charge on any atom is -0.497 e. The molecule has 3 rings (SSSR count). The lowest BCUT2D eigenvalue weighted by Crippen LogP contribution is -2.25. The van der Waals surface area contributed by atoms with Crippen molar-refractivity contribution in [1.29, 1.82) is 0 Å². The smallest absolute Gasteiger partial charge is 0.119 e. The molecule has 1 aromatic heterocycles. The first-order chi connectivity index (χ1) is 10.3. The molecule has 1 heterocycles. The molecular formula is C17H23N3O. The van der Waals surface area contributed by atoms with Crippen LogP contribution in [0.3, 0.4) is 0 Å². The van der Waals surface area contributed by atoms with Crippen molar-refractivity contribution in [2.45, 2.75) is 45.3 Å². The normalized spacial score (nSPS) is 17.5. The van der Waals surface area contributed by atoms with E-state index < -0.39 is 0 Å². The van der Waals surface area contributed by atoms with Crippen molar-refractivity contribution in [3.63, 3.8) is 0 Å². The minimum absolute atomic E-state index is 0.417. The Balaban J connectivity index is 1.70. The molecule has 0 spiro atoms. The Morgan fingerprint density at radius 1 is 1.43 bits per heavy atom. The molecule has 0 fully saturated rings. The number of aryl methyl sites for hydroxylation is 1. The molecule has 112 valence electrons. The van der Waals surface area contributed by atoms with Crippen LogP contribution in [0.2, 0.25) is 0 Å². The predicted molar refractivity (Wildman–Crippen MR) is 83.4 cm³/mol. The molecule has 0 aliphatic heterocycles. The molecule has 4 heteroatoms. The Morgan fingerprint density at radius 2 is 2.33 bits per heavy atom. The molecule has 4 nitrogen and oxygen atoms in total. The van der Waals surface area contributed by atoms with Crippen LogP contribution in [0.1, 0.15) is 42.6 Å². The zero-order valence-electron chi connectivity index (χ0n) is 12.8. The zero-order chi connectivity index (χ0) is 14.7. The fourth-order valence-electron chi connectivity index (χ4n) is 3.13. The van der Waals surface area contributed by atoms with E-state index in [4.69, 9.17) is 4.74 Å². The van der Waals surface area contributed by atoms with Gasteiger partial charge in [-0.25, -0.2) is 0 Å². The second-order valence-electron chi connectivity index (χ2n) is 5.54. The monoisotopic (exact) mass is 285 g/mol. The lowest BCUT2D eigenvalue weighted by Gasteiger charge is -2.24. The molecule has 1 aliphatic carbocycles. The quantitative estimate of drug-likeness (QED) is 0.917. The van der Waals surface area contributed by atoms with Gasteiger partial charge in [0.25, 0.3) is 0 Å². The average Bonchev–Trinajstić information content (AvgIpc) is 2.96. The van der Waals surface area contributed by atoms with E-state index in [9.17, 15) is 0 Å². The second kappa shape index (κ2) is 6.31. The SMILES string of the molecule is CCn1ncc2c1CCCC2NCc1cccc(OC)c1. The third-order valence-electron chi connectivity index (χ3n) is 4.25. The Labute approximate surface area is 126 Å². The van der Waals surface area contributed by atoms with Gasteiger partial charge in [-0.1, -0.05) is 12.1 Å². The van der Waals surface area contributed by atoms with Crippen molar-refractivity contribution < 1.29 is 4.74 Å². The highest BCUT2D eigenvalue weighted by Gasteiger charge is 2.23. The van der Waals surface area contributed by atoms with Crippen LogP contribution in [-0.4, -0.2) is 16.9 Å². The Morgan fingerprint density at radius 3 is 3.14 bits per heavy atom. The van der Waals surface area contributed by atoms with Crippen LogP contribution >= 0.6 is 0 Å². The maximum Gasteiger partial charge on any atom is 0.119 e. The van der Waals surface area contributed by atoms with Crippen LogP contribution in [0.5, 0.6) is 5.75 Å². The van der Waals surface area contributed by atoms with Gasteiger partial charge in [0.05, 0.1) is 13.3 Å². The maximum absolute atomic E-state index is 5.28. The van der Waals surface area contributed by atoms with Crippen LogP contribution in [0.15, 0.2) is 30.5 Å². The van der Waals surface area contributed by atoms with Crippen LogP contribution < -0.4 is 10.1 Å². The summed E-state index contributed by atoms with van der Waals surface area (Å²) < 4.78 is 7.41. The van der Waals surface area contributed by atoms with E-state index in [1.165, 1.54) is 29.7 Å². The van der Waals surface area contributed by atoms with Gasteiger partial charge in [0.15, 0.2) is 0 Å². The van der Waals surface area contributed by atoms with Crippen molar-refractivity contribution in [3.8, 4) is 5.75 Å². The highest BCUT2D eigenvalue weighted by atomic mass is 16.5. The van der Waals surface area contributed by atoms with Gasteiger partial charge >= 0.3 is 0 Å². The van der Waals surface area contributed by atoms with E-state index in [1.54, 1.807) is 7.11 Å². The first-order valence-electron chi connectivity index (χ1n) is 7.72. The Hall–Kier alpha value is -1.81. The van der Waals surface area contributed by atoms with E-state index in [-0.39, 0.29) is 0 Å². The van der Waals surface area contributed by atoms with Crippen molar-refractivity contribution in [2.24, 2.45) is 0 Å². The van der Waals surface area contributed by atoms with Gasteiger partial charge in [-0.2, -0.15) is 5.10 Å². The summed E-state index contributed by atoms with van der Waals surface area (Å²) in [6, 6.07) is 8.66. The lowest BCUT2D eigenvalue weighted by molar-refractivity contribution is 0.413. The van der Waals surface area contributed by atoms with E-state index >= 15 is 0 Å². The first-order valence-corrected chi connectivity index (χ1v) is 7.72. The van der Waals surface area contributed by atoms with Gasteiger partial charge in [-0.15, -0.1) is 0 Å². The lowest BCUT2D eigenvalue weighted by atomic mass is 9.93. The van der Waals surface area contributed by atoms with Gasteiger partial charge in [0.2, 0.25) is 0 Å². The topological polar surface area (TPSA) is 39.1 Å². The molecule has 21 heavy (non-hydrogen) atoms. The molecule has 2 aromatic rings. The number of ether oxygens (including phenoxy) is 1. The number of methoxy groups -OCH3 is 1. The zero-order valence-corrected chi connectivity index (χ0v) is 12.8. The number of nitrogens with one attached hydrogen (secondary N) is 1. The van der Waals surface area contributed by atoms with E-state index in [0.29, 0.717) is 6.04 Å². The minimum atomic E-state index is 0.417. The average molecular weight is 285 g/mol. The summed E-state index contributed by atoms with van der Waals surface area (Å²) in [5, 5.41) is 8.18. The van der Waals surface area contributed by atoms with Crippen molar-refractivity contribution in [1.82, 2.24) is 15.1 Å². The second-order valence-corrected chi connectivity index (χ2v) is 5.54. The summed E-state index contributed by atoms with van der Waals surface area (Å²) in [4.78, 5) is 0. The highest BCUT2D eigenvalue weighted by molar-refractivity contribution is 5.29. The summed E-state index contributed by atoms with van der Waals surface area (Å²) in [6.07, 6.45) is 5.61. The van der Waals surface area contributed by atoms with Gasteiger partial charge in [-0.3, -0.25) is 4.68 Å². The standard InChI is InChI=1S/C17H23N3O/c1-3-20-17-9-5-8-16(15(17)12-19-20)18-11-13-6-4-7-14(10-13)21-2/h4,6-7,10,12,16,18H,3,5,8-9,11H2,1-2H3. The third kappa shape index (κ3) is 2.95. The number of benzene rings is 1. The molecule has 1 aromatic carbocycles. The first kappa shape index (κ1) is 14.1. The number of rotatable bonds is 5. The van der Waals surface area contributed by atoms with E-state index in [1.807, 2.05) is 18.3 Å². The summed E-state index contributed by atoms with van der Waals surface area (Å²) in [6.45, 7) is 3.97. The molecule has 1 N–H and O–H groups in total. The Bertz CT molecular complexity index is 606. The van der Waals surface area contributed by atoms with Crippen LogP contribution in [0, 0.1) is 0 Å². The Kier molecular flexibility index (Phi) is 4.25. The highest BCUT2D eigenvalue weighted by Crippen LogP contribution is 2.29. The molecule has 1 aliphatic rings. The molecule has 0 radical (unpaired) electrons. The van der Waals surface area contributed by atoms with Crippen LogP contribution in [0.25, 0.3) is 0 Å². The van der Waals surface area contributed by atoms with Gasteiger partial charge < -0.3 is 10.1 Å². The van der Waals surface area contributed by atoms with Crippen LogP contribution in [0.4, 0.5) is 0 Å². The van der Waals surface area contributed by atoms with Crippen molar-refractivity contribution in [3.05, 3.63) is 47.3 Å². The summed E-state index contributed by atoms with van der Waals surface area (Å²) >= 11 is 0. The van der Waals surface area contributed by atoms with Crippen molar-refractivity contribution >= 4 is 0 Å². The predicted octanol–water partition coefficient (Wildman–Crippen LogP) is 3.08. The summed E-state index contributed by atoms with van der Waals surface area (Å²) in [5.74, 6) is 0.914. The van der Waals surface area contributed by atoms with Gasteiger partial charge in [-0.05, 0) is 43.9 Å². The fourth-order valence-corrected chi connectivity index (χ4v) is 3.13. The molecule has 0 amide bonds. The van der Waals surface area contributed by atoms with E-state index in [2.05, 4.69) is 34.2 Å².